The lowest BCUT2D eigenvalue weighted by molar-refractivity contribution is -0.118. The van der Waals surface area contributed by atoms with Gasteiger partial charge in [-0.25, -0.2) is 4.79 Å². The van der Waals surface area contributed by atoms with Crippen LogP contribution in [0.4, 0.5) is 10.5 Å². The van der Waals surface area contributed by atoms with Crippen LogP contribution >= 0.6 is 0 Å². The maximum absolute atomic E-state index is 11.4. The first-order valence-corrected chi connectivity index (χ1v) is 5.85. The molecule has 0 bridgehead atoms. The molecule has 0 radical (unpaired) electrons. The Bertz CT molecular complexity index is 488. The molecule has 0 aliphatic rings. The fraction of sp³-hybridized carbons (Fsp3) is 0.308. The second-order valence-electron chi connectivity index (χ2n) is 4.22. The third-order valence-electron chi connectivity index (χ3n) is 2.14. The molecule has 0 saturated heterocycles. The van der Waals surface area contributed by atoms with E-state index in [2.05, 4.69) is 16.0 Å². The minimum atomic E-state index is -0.512. The van der Waals surface area contributed by atoms with Gasteiger partial charge in [-0.3, -0.25) is 10.1 Å². The molecule has 3 N–H and O–H groups in total. The minimum Gasteiger partial charge on any atom is -0.376 e. The molecule has 3 amide bonds. The van der Waals surface area contributed by atoms with Gasteiger partial charge in [-0.1, -0.05) is 0 Å². The Balaban J connectivity index is 2.37. The molecule has 19 heavy (non-hydrogen) atoms. The monoisotopic (exact) mass is 260 g/mol. The third kappa shape index (κ3) is 5.55. The molecule has 1 aromatic rings. The lowest BCUT2D eigenvalue weighted by atomic mass is 10.2. The number of carbonyl (C=O) groups excluding carboxylic acids is 2. The Kier molecular flexibility index (Phi) is 5.35. The maximum Gasteiger partial charge on any atom is 0.321 e. The highest BCUT2D eigenvalue weighted by atomic mass is 16.2. The molecule has 0 aromatic heterocycles. The van der Waals surface area contributed by atoms with Crippen LogP contribution in [0.1, 0.15) is 19.4 Å². The summed E-state index contributed by atoms with van der Waals surface area (Å²) in [5, 5.41) is 16.2. The van der Waals surface area contributed by atoms with Crippen LogP contribution in [0.5, 0.6) is 0 Å². The van der Waals surface area contributed by atoms with Gasteiger partial charge in [0, 0.05) is 11.7 Å². The standard InChI is InChI=1S/C13H16N4O2/c1-9(2)16-13(19)17-12(18)8-15-11-5-3-10(7-14)4-6-11/h3-6,9,15H,8H2,1-2H3,(H2,16,17,18,19). The van der Waals surface area contributed by atoms with Crippen molar-refractivity contribution in [2.45, 2.75) is 19.9 Å². The molecule has 0 unspecified atom stereocenters. The molecule has 0 heterocycles. The van der Waals surface area contributed by atoms with Crippen molar-refractivity contribution in [3.8, 4) is 6.07 Å². The summed E-state index contributed by atoms with van der Waals surface area (Å²) in [6, 6.07) is 8.14. The number of amides is 3. The second kappa shape index (κ2) is 7.01. The second-order valence-corrected chi connectivity index (χ2v) is 4.22. The molecule has 0 aliphatic carbocycles. The number of urea groups is 1. The van der Waals surface area contributed by atoms with E-state index in [4.69, 9.17) is 5.26 Å². The van der Waals surface area contributed by atoms with E-state index >= 15 is 0 Å². The fourth-order valence-corrected chi connectivity index (χ4v) is 1.31. The normalized spacial score (nSPS) is 9.58. The molecule has 0 atom stereocenters. The van der Waals surface area contributed by atoms with E-state index in [-0.39, 0.29) is 12.6 Å². The summed E-state index contributed by atoms with van der Waals surface area (Å²) in [5.41, 5.74) is 1.25. The fourth-order valence-electron chi connectivity index (χ4n) is 1.31. The van der Waals surface area contributed by atoms with Crippen LogP contribution in [0.25, 0.3) is 0 Å². The van der Waals surface area contributed by atoms with E-state index in [1.54, 1.807) is 38.1 Å². The summed E-state index contributed by atoms with van der Waals surface area (Å²) in [7, 11) is 0. The highest BCUT2D eigenvalue weighted by Gasteiger charge is 2.07. The number of anilines is 1. The smallest absolute Gasteiger partial charge is 0.321 e. The van der Waals surface area contributed by atoms with E-state index in [1.807, 2.05) is 6.07 Å². The SMILES string of the molecule is CC(C)NC(=O)NC(=O)CNc1ccc(C#N)cc1. The zero-order valence-corrected chi connectivity index (χ0v) is 10.9. The first-order chi connectivity index (χ1) is 9.01. The molecule has 1 rings (SSSR count). The number of carbonyl (C=O) groups is 2. The molecule has 6 nitrogen and oxygen atoms in total. The molecule has 6 heteroatoms. The Morgan fingerprint density at radius 1 is 1.26 bits per heavy atom. The molecule has 1 aromatic carbocycles. The predicted molar refractivity (Wildman–Crippen MR) is 71.5 cm³/mol. The van der Waals surface area contributed by atoms with Gasteiger partial charge in [-0.2, -0.15) is 5.26 Å². The van der Waals surface area contributed by atoms with Crippen molar-refractivity contribution in [3.05, 3.63) is 29.8 Å². The predicted octanol–water partition coefficient (Wildman–Crippen LogP) is 1.20. The van der Waals surface area contributed by atoms with Crippen LogP contribution in [0.3, 0.4) is 0 Å². The zero-order chi connectivity index (χ0) is 14.3. The van der Waals surface area contributed by atoms with E-state index in [9.17, 15) is 9.59 Å². The summed E-state index contributed by atoms with van der Waals surface area (Å²) in [4.78, 5) is 22.7. The van der Waals surface area contributed by atoms with Gasteiger partial charge in [-0.05, 0) is 38.1 Å². The van der Waals surface area contributed by atoms with Crippen LogP contribution in [0.2, 0.25) is 0 Å². The molecule has 0 aliphatic heterocycles. The highest BCUT2D eigenvalue weighted by Crippen LogP contribution is 2.07. The van der Waals surface area contributed by atoms with Crippen LogP contribution in [0.15, 0.2) is 24.3 Å². The van der Waals surface area contributed by atoms with Crippen molar-refractivity contribution in [2.75, 3.05) is 11.9 Å². The van der Waals surface area contributed by atoms with Gasteiger partial charge < -0.3 is 10.6 Å². The van der Waals surface area contributed by atoms with Crippen molar-refractivity contribution in [3.63, 3.8) is 0 Å². The van der Waals surface area contributed by atoms with Crippen LogP contribution in [0, 0.1) is 11.3 Å². The van der Waals surface area contributed by atoms with Gasteiger partial charge >= 0.3 is 6.03 Å². The van der Waals surface area contributed by atoms with E-state index < -0.39 is 11.9 Å². The summed E-state index contributed by atoms with van der Waals surface area (Å²) in [6.07, 6.45) is 0. The van der Waals surface area contributed by atoms with Gasteiger partial charge in [0.15, 0.2) is 0 Å². The summed E-state index contributed by atoms with van der Waals surface area (Å²) in [5.74, 6) is -0.428. The Morgan fingerprint density at radius 3 is 2.42 bits per heavy atom. The Hall–Kier alpha value is -2.55. The largest absolute Gasteiger partial charge is 0.376 e. The average Bonchev–Trinajstić information content (AvgIpc) is 2.36. The van der Waals surface area contributed by atoms with Crippen molar-refractivity contribution in [1.82, 2.24) is 10.6 Å². The van der Waals surface area contributed by atoms with E-state index in [0.29, 0.717) is 11.3 Å². The van der Waals surface area contributed by atoms with Gasteiger partial charge in [0.1, 0.15) is 0 Å². The van der Waals surface area contributed by atoms with Gasteiger partial charge in [-0.15, -0.1) is 0 Å². The number of nitrogens with zero attached hydrogens (tertiary/aromatic N) is 1. The minimum absolute atomic E-state index is 0.0165. The number of nitriles is 1. The van der Waals surface area contributed by atoms with Gasteiger partial charge in [0.2, 0.25) is 5.91 Å². The number of hydrogen-bond donors (Lipinski definition) is 3. The van der Waals surface area contributed by atoms with Crippen LogP contribution < -0.4 is 16.0 Å². The van der Waals surface area contributed by atoms with Gasteiger partial charge in [0.05, 0.1) is 18.2 Å². The van der Waals surface area contributed by atoms with Crippen LogP contribution in [-0.4, -0.2) is 24.5 Å². The van der Waals surface area contributed by atoms with E-state index in [1.165, 1.54) is 0 Å². The van der Waals surface area contributed by atoms with Crippen molar-refractivity contribution >= 4 is 17.6 Å². The molecular weight excluding hydrogens is 244 g/mol. The number of benzene rings is 1. The van der Waals surface area contributed by atoms with Gasteiger partial charge in [0.25, 0.3) is 0 Å². The molecule has 0 fully saturated rings. The highest BCUT2D eigenvalue weighted by molar-refractivity contribution is 5.96. The quantitative estimate of drug-likeness (QED) is 0.758. The van der Waals surface area contributed by atoms with Crippen LogP contribution in [-0.2, 0) is 4.79 Å². The van der Waals surface area contributed by atoms with Crippen molar-refractivity contribution in [1.29, 1.82) is 5.26 Å². The first-order valence-electron chi connectivity index (χ1n) is 5.85. The summed E-state index contributed by atoms with van der Waals surface area (Å²) < 4.78 is 0. The zero-order valence-electron chi connectivity index (χ0n) is 10.9. The van der Waals surface area contributed by atoms with Crippen molar-refractivity contribution in [2.24, 2.45) is 0 Å². The third-order valence-corrected chi connectivity index (χ3v) is 2.14. The number of imide groups is 1. The number of nitrogens with one attached hydrogen (secondary N) is 3. The maximum atomic E-state index is 11.4. The lowest BCUT2D eigenvalue weighted by Crippen LogP contribution is -2.44. The lowest BCUT2D eigenvalue weighted by Gasteiger charge is -2.10. The Labute approximate surface area is 111 Å². The van der Waals surface area contributed by atoms with Crippen molar-refractivity contribution < 1.29 is 9.59 Å². The molecule has 0 saturated carbocycles. The molecule has 100 valence electrons. The topological polar surface area (TPSA) is 94.0 Å². The summed E-state index contributed by atoms with van der Waals surface area (Å²) >= 11 is 0. The first kappa shape index (κ1) is 14.5. The Morgan fingerprint density at radius 2 is 1.89 bits per heavy atom. The number of rotatable bonds is 4. The van der Waals surface area contributed by atoms with E-state index in [0.717, 1.165) is 0 Å². The average molecular weight is 260 g/mol. The number of hydrogen-bond acceptors (Lipinski definition) is 4. The summed E-state index contributed by atoms with van der Waals surface area (Å²) in [6.45, 7) is 3.59. The molecular formula is C13H16N4O2. The molecule has 0 spiro atoms.